The molecule has 0 atom stereocenters. The second-order valence-electron chi connectivity index (χ2n) is 5.46. The maximum Gasteiger partial charge on any atom is 0.335 e. The molecule has 0 saturated heterocycles. The van der Waals surface area contributed by atoms with E-state index in [4.69, 9.17) is 10.2 Å². The SMILES string of the molecule is O=C(O)c1ccc(-c2ccc(-c3ccc(C(=O)O)cc3)c(I)c2)cc1. The first-order chi connectivity index (χ1) is 12.0. The Kier molecular flexibility index (Phi) is 4.85. The lowest BCUT2D eigenvalue weighted by Crippen LogP contribution is -1.95. The fraction of sp³-hybridized carbons (Fsp3) is 0. The summed E-state index contributed by atoms with van der Waals surface area (Å²) in [7, 11) is 0. The summed E-state index contributed by atoms with van der Waals surface area (Å²) < 4.78 is 1.03. The van der Waals surface area contributed by atoms with E-state index in [1.165, 1.54) is 0 Å². The fourth-order valence-corrected chi connectivity index (χ4v) is 3.35. The van der Waals surface area contributed by atoms with Crippen molar-refractivity contribution in [3.05, 3.63) is 81.4 Å². The summed E-state index contributed by atoms with van der Waals surface area (Å²) >= 11 is 2.25. The van der Waals surface area contributed by atoms with E-state index in [1.807, 2.05) is 18.2 Å². The summed E-state index contributed by atoms with van der Waals surface area (Å²) in [5, 5.41) is 17.9. The lowest BCUT2D eigenvalue weighted by molar-refractivity contribution is 0.0686. The zero-order valence-electron chi connectivity index (χ0n) is 12.9. The molecule has 3 rings (SSSR count). The molecule has 0 radical (unpaired) electrons. The van der Waals surface area contributed by atoms with Crippen LogP contribution in [0.1, 0.15) is 20.7 Å². The van der Waals surface area contributed by atoms with Gasteiger partial charge in [-0.3, -0.25) is 0 Å². The molecule has 0 bridgehead atoms. The number of carbonyl (C=O) groups is 2. The third-order valence-electron chi connectivity index (χ3n) is 3.88. The van der Waals surface area contributed by atoms with Crippen LogP contribution in [0.5, 0.6) is 0 Å². The Labute approximate surface area is 157 Å². The molecule has 0 unspecified atom stereocenters. The topological polar surface area (TPSA) is 74.6 Å². The predicted molar refractivity (Wildman–Crippen MR) is 104 cm³/mol. The van der Waals surface area contributed by atoms with Crippen LogP contribution >= 0.6 is 22.6 Å². The second kappa shape index (κ2) is 7.06. The van der Waals surface area contributed by atoms with E-state index in [2.05, 4.69) is 22.6 Å². The molecule has 3 aromatic carbocycles. The van der Waals surface area contributed by atoms with Crippen molar-refractivity contribution >= 4 is 34.5 Å². The number of aromatic carboxylic acids is 2. The maximum absolute atomic E-state index is 10.9. The Balaban J connectivity index is 1.92. The van der Waals surface area contributed by atoms with Crippen molar-refractivity contribution in [3.63, 3.8) is 0 Å². The van der Waals surface area contributed by atoms with Crippen LogP contribution in [0.2, 0.25) is 0 Å². The van der Waals surface area contributed by atoms with Crippen LogP contribution in [-0.4, -0.2) is 22.2 Å². The van der Waals surface area contributed by atoms with E-state index >= 15 is 0 Å². The van der Waals surface area contributed by atoms with Gasteiger partial charge in [0.1, 0.15) is 0 Å². The van der Waals surface area contributed by atoms with Crippen LogP contribution in [0, 0.1) is 3.57 Å². The molecule has 3 aromatic rings. The van der Waals surface area contributed by atoms with Crippen molar-refractivity contribution in [1.82, 2.24) is 0 Å². The van der Waals surface area contributed by atoms with E-state index < -0.39 is 11.9 Å². The Bertz CT molecular complexity index is 944. The van der Waals surface area contributed by atoms with E-state index in [1.54, 1.807) is 48.5 Å². The predicted octanol–water partition coefficient (Wildman–Crippen LogP) is 5.02. The van der Waals surface area contributed by atoms with E-state index in [0.29, 0.717) is 0 Å². The molecule has 25 heavy (non-hydrogen) atoms. The minimum absolute atomic E-state index is 0.258. The van der Waals surface area contributed by atoms with Crippen molar-refractivity contribution in [2.75, 3.05) is 0 Å². The summed E-state index contributed by atoms with van der Waals surface area (Å²) in [4.78, 5) is 21.9. The number of hydrogen-bond acceptors (Lipinski definition) is 2. The van der Waals surface area contributed by atoms with Crippen molar-refractivity contribution in [2.24, 2.45) is 0 Å². The normalized spacial score (nSPS) is 10.4. The molecule has 0 aromatic heterocycles. The monoisotopic (exact) mass is 444 g/mol. The van der Waals surface area contributed by atoms with Gasteiger partial charge in [-0.1, -0.05) is 36.4 Å². The first-order valence-corrected chi connectivity index (χ1v) is 8.50. The highest BCUT2D eigenvalue weighted by Gasteiger charge is 2.08. The fourth-order valence-electron chi connectivity index (χ4n) is 2.53. The molecule has 4 nitrogen and oxygen atoms in total. The largest absolute Gasteiger partial charge is 0.478 e. The van der Waals surface area contributed by atoms with Gasteiger partial charge in [0.15, 0.2) is 0 Å². The quantitative estimate of drug-likeness (QED) is 0.555. The van der Waals surface area contributed by atoms with Crippen molar-refractivity contribution in [2.45, 2.75) is 0 Å². The van der Waals surface area contributed by atoms with Crippen molar-refractivity contribution in [1.29, 1.82) is 0 Å². The van der Waals surface area contributed by atoms with E-state index in [-0.39, 0.29) is 11.1 Å². The molecule has 0 spiro atoms. The van der Waals surface area contributed by atoms with Gasteiger partial charge in [-0.2, -0.15) is 0 Å². The number of hydrogen-bond donors (Lipinski definition) is 2. The smallest absolute Gasteiger partial charge is 0.335 e. The van der Waals surface area contributed by atoms with Gasteiger partial charge in [0.05, 0.1) is 11.1 Å². The summed E-state index contributed by atoms with van der Waals surface area (Å²) in [6.45, 7) is 0. The van der Waals surface area contributed by atoms with Crippen molar-refractivity contribution in [3.8, 4) is 22.3 Å². The molecule has 2 N–H and O–H groups in total. The highest BCUT2D eigenvalue weighted by Crippen LogP contribution is 2.30. The Morgan fingerprint density at radius 3 is 1.52 bits per heavy atom. The molecular formula is C20H13IO4. The Morgan fingerprint density at radius 1 is 0.640 bits per heavy atom. The van der Waals surface area contributed by atoms with Gasteiger partial charge >= 0.3 is 11.9 Å². The number of benzene rings is 3. The van der Waals surface area contributed by atoms with Crippen LogP contribution in [0.4, 0.5) is 0 Å². The molecule has 0 aliphatic rings. The van der Waals surface area contributed by atoms with E-state index in [9.17, 15) is 9.59 Å². The van der Waals surface area contributed by atoms with Crippen LogP contribution in [-0.2, 0) is 0 Å². The van der Waals surface area contributed by atoms with Gasteiger partial charge in [-0.05, 0) is 75.2 Å². The zero-order valence-corrected chi connectivity index (χ0v) is 15.1. The first-order valence-electron chi connectivity index (χ1n) is 7.43. The lowest BCUT2D eigenvalue weighted by atomic mass is 9.99. The van der Waals surface area contributed by atoms with Gasteiger partial charge < -0.3 is 10.2 Å². The van der Waals surface area contributed by atoms with Gasteiger partial charge in [-0.25, -0.2) is 9.59 Å². The molecule has 0 amide bonds. The Morgan fingerprint density at radius 2 is 1.08 bits per heavy atom. The number of halogens is 1. The molecule has 5 heteroatoms. The molecule has 0 aliphatic heterocycles. The summed E-state index contributed by atoms with van der Waals surface area (Å²) in [6, 6.07) is 19.5. The highest BCUT2D eigenvalue weighted by molar-refractivity contribution is 14.1. The van der Waals surface area contributed by atoms with Gasteiger partial charge in [-0.15, -0.1) is 0 Å². The summed E-state index contributed by atoms with van der Waals surface area (Å²) in [6.07, 6.45) is 0. The molecule has 0 aliphatic carbocycles. The number of carboxylic acid groups (broad SMARTS) is 2. The summed E-state index contributed by atoms with van der Waals surface area (Å²) in [5.74, 6) is -1.89. The minimum Gasteiger partial charge on any atom is -0.478 e. The van der Waals surface area contributed by atoms with Gasteiger partial charge in [0.25, 0.3) is 0 Å². The lowest BCUT2D eigenvalue weighted by Gasteiger charge is -2.09. The molecule has 0 saturated carbocycles. The average molecular weight is 444 g/mol. The van der Waals surface area contributed by atoms with Crippen LogP contribution in [0.15, 0.2) is 66.7 Å². The van der Waals surface area contributed by atoms with Crippen LogP contribution < -0.4 is 0 Å². The van der Waals surface area contributed by atoms with Crippen molar-refractivity contribution < 1.29 is 19.8 Å². The Hall–Kier alpha value is -2.67. The first kappa shape index (κ1) is 17.2. The molecule has 124 valence electrons. The van der Waals surface area contributed by atoms with Crippen LogP contribution in [0.25, 0.3) is 22.3 Å². The van der Waals surface area contributed by atoms with Gasteiger partial charge in [0.2, 0.25) is 0 Å². The van der Waals surface area contributed by atoms with Gasteiger partial charge in [0, 0.05) is 3.57 Å². The third kappa shape index (κ3) is 3.71. The molecule has 0 fully saturated rings. The molecule has 0 heterocycles. The zero-order chi connectivity index (χ0) is 18.0. The number of rotatable bonds is 4. The second-order valence-corrected chi connectivity index (χ2v) is 6.62. The van der Waals surface area contributed by atoms with Crippen LogP contribution in [0.3, 0.4) is 0 Å². The summed E-state index contributed by atoms with van der Waals surface area (Å²) in [5.41, 5.74) is 4.41. The molecular weight excluding hydrogens is 431 g/mol. The highest BCUT2D eigenvalue weighted by atomic mass is 127. The number of carboxylic acids is 2. The maximum atomic E-state index is 10.9. The van der Waals surface area contributed by atoms with E-state index in [0.717, 1.165) is 25.8 Å². The third-order valence-corrected chi connectivity index (χ3v) is 4.77. The minimum atomic E-state index is -0.943. The average Bonchev–Trinajstić information content (AvgIpc) is 2.62. The standard InChI is InChI=1S/C20H13IO4/c21-18-11-16(12-1-5-14(6-2-12)19(22)23)9-10-17(18)13-3-7-15(8-4-13)20(24)25/h1-11H,(H,22,23)(H,24,25).